The van der Waals surface area contributed by atoms with Crippen LogP contribution in [-0.4, -0.2) is 12.6 Å². The summed E-state index contributed by atoms with van der Waals surface area (Å²) in [6, 6.07) is 9.88. The zero-order valence-corrected chi connectivity index (χ0v) is 15.0. The number of esters is 1. The number of ether oxygens (including phenoxy) is 1. The van der Waals surface area contributed by atoms with Crippen LogP contribution in [0.4, 0.5) is 0 Å². The average Bonchev–Trinajstić information content (AvgIpc) is 2.66. The van der Waals surface area contributed by atoms with Gasteiger partial charge in [-0.15, -0.1) is 0 Å². The largest absolute Gasteiger partial charge is 0.462 e. The summed E-state index contributed by atoms with van der Waals surface area (Å²) in [7, 11) is 0. The second-order valence-electron chi connectivity index (χ2n) is 6.56. The molecule has 1 saturated carbocycles. The zero-order valence-electron chi connectivity index (χ0n) is 15.0. The minimum absolute atomic E-state index is 0.187. The minimum atomic E-state index is -0.187. The first-order valence-electron chi connectivity index (χ1n) is 9.25. The highest BCUT2D eigenvalue weighted by molar-refractivity contribution is 5.91. The van der Waals surface area contributed by atoms with E-state index in [1.54, 1.807) is 6.08 Å². The van der Waals surface area contributed by atoms with Crippen LogP contribution in [0.25, 0.3) is 0 Å². The topological polar surface area (TPSA) is 50.1 Å². The highest BCUT2D eigenvalue weighted by Crippen LogP contribution is 2.37. The molecule has 0 spiro atoms. The van der Waals surface area contributed by atoms with Gasteiger partial charge >= 0.3 is 5.97 Å². The van der Waals surface area contributed by atoms with Crippen molar-refractivity contribution in [1.82, 2.24) is 0 Å². The summed E-state index contributed by atoms with van der Waals surface area (Å²) in [5.41, 5.74) is 1.87. The Morgan fingerprint density at radius 3 is 2.72 bits per heavy atom. The molecule has 1 aromatic rings. The molecule has 0 heterocycles. The van der Waals surface area contributed by atoms with Gasteiger partial charge in [-0.05, 0) is 55.6 Å². The molecule has 1 aromatic carbocycles. The van der Waals surface area contributed by atoms with Crippen molar-refractivity contribution in [3.8, 4) is 6.07 Å². The van der Waals surface area contributed by atoms with Crippen molar-refractivity contribution in [2.75, 3.05) is 6.61 Å². The van der Waals surface area contributed by atoms with Gasteiger partial charge in [0.15, 0.2) is 0 Å². The highest BCUT2D eigenvalue weighted by Gasteiger charge is 2.24. The van der Waals surface area contributed by atoms with Gasteiger partial charge in [0.1, 0.15) is 0 Å². The highest BCUT2D eigenvalue weighted by atomic mass is 16.5. The Kier molecular flexibility index (Phi) is 7.98. The molecule has 1 aliphatic rings. The predicted octanol–water partition coefficient (Wildman–Crippen LogP) is 5.55. The lowest BCUT2D eigenvalue weighted by atomic mass is 9.77. The van der Waals surface area contributed by atoms with Gasteiger partial charge < -0.3 is 4.74 Å². The number of nitriles is 1. The average molecular weight is 337 g/mol. The van der Waals surface area contributed by atoms with Crippen molar-refractivity contribution >= 4 is 5.97 Å². The first-order valence-corrected chi connectivity index (χ1v) is 9.25. The van der Waals surface area contributed by atoms with Gasteiger partial charge in [0, 0.05) is 6.08 Å². The standard InChI is InChI=1S/C22H27NO2/c1-2-3-17-25-22(24)21-11-7-6-10-20(21)19-14-12-18(13-15-19)9-5-4-8-16-23/h4-11,18-19H,2-3,12-15,17H2,1H3/b8-4?,9-5+. The Morgan fingerprint density at radius 2 is 2.00 bits per heavy atom. The summed E-state index contributed by atoms with van der Waals surface area (Å²) >= 11 is 0. The van der Waals surface area contributed by atoms with Gasteiger partial charge in [0.2, 0.25) is 0 Å². The molecule has 0 bridgehead atoms. The molecule has 0 aliphatic heterocycles. The number of carbonyl (C=O) groups is 1. The number of nitrogens with zero attached hydrogens (tertiary/aromatic N) is 1. The third-order valence-corrected chi connectivity index (χ3v) is 4.79. The molecule has 1 fully saturated rings. The fourth-order valence-electron chi connectivity index (χ4n) is 3.37. The van der Waals surface area contributed by atoms with Crippen molar-refractivity contribution in [3.63, 3.8) is 0 Å². The van der Waals surface area contributed by atoms with Crippen LogP contribution in [0.15, 0.2) is 48.6 Å². The van der Waals surface area contributed by atoms with Gasteiger partial charge in [-0.25, -0.2) is 4.79 Å². The summed E-state index contributed by atoms with van der Waals surface area (Å²) in [6.45, 7) is 2.59. The van der Waals surface area contributed by atoms with E-state index in [0.717, 1.165) is 49.7 Å². The Balaban J connectivity index is 1.97. The van der Waals surface area contributed by atoms with Crippen molar-refractivity contribution in [1.29, 1.82) is 5.26 Å². The minimum Gasteiger partial charge on any atom is -0.462 e. The number of unbranched alkanes of at least 4 members (excludes halogenated alkanes) is 1. The Labute approximate surface area is 151 Å². The van der Waals surface area contributed by atoms with E-state index in [4.69, 9.17) is 10.00 Å². The molecule has 25 heavy (non-hydrogen) atoms. The Morgan fingerprint density at radius 1 is 1.24 bits per heavy atom. The Bertz CT molecular complexity index is 646. The van der Waals surface area contributed by atoms with Crippen molar-refractivity contribution < 1.29 is 9.53 Å². The predicted molar refractivity (Wildman–Crippen MR) is 100 cm³/mol. The molecule has 0 amide bonds. The van der Waals surface area contributed by atoms with Crippen molar-refractivity contribution in [2.24, 2.45) is 5.92 Å². The van der Waals surface area contributed by atoms with E-state index in [0.29, 0.717) is 18.4 Å². The lowest BCUT2D eigenvalue weighted by molar-refractivity contribution is 0.0497. The van der Waals surface area contributed by atoms with E-state index < -0.39 is 0 Å². The van der Waals surface area contributed by atoms with Crippen LogP contribution in [0.5, 0.6) is 0 Å². The smallest absolute Gasteiger partial charge is 0.338 e. The fourth-order valence-corrected chi connectivity index (χ4v) is 3.37. The summed E-state index contributed by atoms with van der Waals surface area (Å²) in [5, 5.41) is 8.49. The van der Waals surface area contributed by atoms with Gasteiger partial charge in [-0.3, -0.25) is 0 Å². The molecule has 0 N–H and O–H groups in total. The van der Waals surface area contributed by atoms with Gasteiger partial charge in [-0.1, -0.05) is 49.8 Å². The number of carbonyl (C=O) groups excluding carboxylic acids is 1. The SMILES string of the molecule is CCCCOC(=O)c1ccccc1C1CCC(/C=C/C=CC#N)CC1. The lowest BCUT2D eigenvalue weighted by Crippen LogP contribution is -2.16. The van der Waals surface area contributed by atoms with Crippen molar-refractivity contribution in [3.05, 3.63) is 59.7 Å². The third-order valence-electron chi connectivity index (χ3n) is 4.79. The van der Waals surface area contributed by atoms with Gasteiger partial charge in [-0.2, -0.15) is 5.26 Å². The number of rotatable bonds is 7. The van der Waals surface area contributed by atoms with Crippen LogP contribution >= 0.6 is 0 Å². The summed E-state index contributed by atoms with van der Waals surface area (Å²) in [5.74, 6) is 0.796. The quantitative estimate of drug-likeness (QED) is 0.283. The normalized spacial score (nSPS) is 20.6. The third kappa shape index (κ3) is 5.90. The van der Waals surface area contributed by atoms with E-state index in [1.165, 1.54) is 6.08 Å². The summed E-state index contributed by atoms with van der Waals surface area (Å²) < 4.78 is 5.41. The monoisotopic (exact) mass is 337 g/mol. The number of benzene rings is 1. The van der Waals surface area contributed by atoms with Crippen LogP contribution in [0, 0.1) is 17.2 Å². The van der Waals surface area contributed by atoms with Crippen LogP contribution < -0.4 is 0 Å². The van der Waals surface area contributed by atoms with E-state index in [9.17, 15) is 4.79 Å². The molecular weight excluding hydrogens is 310 g/mol. The molecule has 2 rings (SSSR count). The molecule has 3 nitrogen and oxygen atoms in total. The van der Waals surface area contributed by atoms with Crippen LogP contribution in [0.3, 0.4) is 0 Å². The number of hydrogen-bond donors (Lipinski definition) is 0. The van der Waals surface area contributed by atoms with Crippen LogP contribution in [0.2, 0.25) is 0 Å². The van der Waals surface area contributed by atoms with E-state index in [1.807, 2.05) is 30.3 Å². The van der Waals surface area contributed by atoms with Crippen LogP contribution in [0.1, 0.15) is 67.3 Å². The fraction of sp³-hybridized carbons (Fsp3) is 0.455. The number of hydrogen-bond acceptors (Lipinski definition) is 3. The first-order chi connectivity index (χ1) is 12.3. The zero-order chi connectivity index (χ0) is 17.9. The molecule has 132 valence electrons. The van der Waals surface area contributed by atoms with E-state index in [2.05, 4.69) is 19.1 Å². The molecular formula is C22H27NO2. The molecule has 0 radical (unpaired) electrons. The Hall–Kier alpha value is -2.34. The molecule has 0 atom stereocenters. The second kappa shape index (κ2) is 10.5. The molecule has 3 heteroatoms. The summed E-state index contributed by atoms with van der Waals surface area (Å²) in [4.78, 5) is 12.4. The van der Waals surface area contributed by atoms with E-state index >= 15 is 0 Å². The molecule has 1 aliphatic carbocycles. The first kappa shape index (κ1) is 19.0. The molecule has 0 unspecified atom stereocenters. The molecule has 0 aromatic heterocycles. The lowest BCUT2D eigenvalue weighted by Gasteiger charge is -2.28. The maximum atomic E-state index is 12.4. The molecule has 0 saturated heterocycles. The van der Waals surface area contributed by atoms with E-state index in [-0.39, 0.29) is 5.97 Å². The van der Waals surface area contributed by atoms with Gasteiger partial charge in [0.05, 0.1) is 18.2 Å². The van der Waals surface area contributed by atoms with Crippen LogP contribution in [-0.2, 0) is 4.74 Å². The summed E-state index contributed by atoms with van der Waals surface area (Å²) in [6.07, 6.45) is 13.7. The maximum Gasteiger partial charge on any atom is 0.338 e. The maximum absolute atomic E-state index is 12.4. The number of allylic oxidation sites excluding steroid dienone is 4. The van der Waals surface area contributed by atoms with Crippen molar-refractivity contribution in [2.45, 2.75) is 51.4 Å². The van der Waals surface area contributed by atoms with Gasteiger partial charge in [0.25, 0.3) is 0 Å². The second-order valence-corrected chi connectivity index (χ2v) is 6.56.